The van der Waals surface area contributed by atoms with E-state index in [2.05, 4.69) is 27.3 Å². The molecule has 0 radical (unpaired) electrons. The predicted molar refractivity (Wildman–Crippen MR) is 84.5 cm³/mol. The topological polar surface area (TPSA) is 73.1 Å². The van der Waals surface area contributed by atoms with Gasteiger partial charge in [-0.15, -0.1) is 0 Å². The van der Waals surface area contributed by atoms with Crippen LogP contribution in [0.3, 0.4) is 0 Å². The van der Waals surface area contributed by atoms with E-state index in [1.54, 1.807) is 30.3 Å². The summed E-state index contributed by atoms with van der Waals surface area (Å²) < 4.78 is 0.834. The van der Waals surface area contributed by atoms with E-state index in [1.165, 1.54) is 0 Å². The molecule has 2 rings (SSSR count). The second-order valence-electron chi connectivity index (χ2n) is 4.49. The van der Waals surface area contributed by atoms with Gasteiger partial charge >= 0.3 is 5.97 Å². The second-order valence-corrected chi connectivity index (χ2v) is 5.34. The SMILES string of the molecule is N#Cc1ccc(NCCc2cccc(C(=O)O)c2)c(Br)c1. The number of benzene rings is 2. The summed E-state index contributed by atoms with van der Waals surface area (Å²) in [6, 6.07) is 14.3. The van der Waals surface area contributed by atoms with Crippen molar-refractivity contribution in [3.8, 4) is 6.07 Å². The number of anilines is 1. The Morgan fingerprint density at radius 3 is 2.76 bits per heavy atom. The Bertz CT molecular complexity index is 708. The zero-order chi connectivity index (χ0) is 15.2. The van der Waals surface area contributed by atoms with Crippen molar-refractivity contribution in [2.75, 3.05) is 11.9 Å². The van der Waals surface area contributed by atoms with Crippen LogP contribution < -0.4 is 5.32 Å². The third-order valence-corrected chi connectivity index (χ3v) is 3.66. The van der Waals surface area contributed by atoms with Gasteiger partial charge in [0.15, 0.2) is 0 Å². The number of nitriles is 1. The van der Waals surface area contributed by atoms with Crippen LogP contribution in [0.25, 0.3) is 0 Å². The lowest BCUT2D eigenvalue weighted by molar-refractivity contribution is 0.0697. The molecule has 106 valence electrons. The maximum Gasteiger partial charge on any atom is 0.335 e. The number of carboxylic acid groups (broad SMARTS) is 1. The molecule has 2 aromatic carbocycles. The largest absolute Gasteiger partial charge is 0.478 e. The third kappa shape index (κ3) is 4.07. The highest BCUT2D eigenvalue weighted by molar-refractivity contribution is 9.10. The van der Waals surface area contributed by atoms with Crippen LogP contribution in [0.4, 0.5) is 5.69 Å². The van der Waals surface area contributed by atoms with E-state index in [-0.39, 0.29) is 0 Å². The van der Waals surface area contributed by atoms with Crippen LogP contribution in [0.15, 0.2) is 46.9 Å². The minimum absolute atomic E-state index is 0.298. The fourth-order valence-corrected chi connectivity index (χ4v) is 2.45. The monoisotopic (exact) mass is 344 g/mol. The molecule has 0 spiro atoms. The lowest BCUT2D eigenvalue weighted by atomic mass is 10.1. The van der Waals surface area contributed by atoms with E-state index < -0.39 is 5.97 Å². The van der Waals surface area contributed by atoms with Gasteiger partial charge < -0.3 is 10.4 Å². The molecule has 5 heteroatoms. The highest BCUT2D eigenvalue weighted by atomic mass is 79.9. The van der Waals surface area contributed by atoms with Crippen LogP contribution >= 0.6 is 15.9 Å². The van der Waals surface area contributed by atoms with E-state index >= 15 is 0 Å². The number of carbonyl (C=O) groups is 1. The normalized spacial score (nSPS) is 9.90. The maximum absolute atomic E-state index is 10.9. The van der Waals surface area contributed by atoms with Gasteiger partial charge in [0, 0.05) is 16.7 Å². The number of aromatic carboxylic acids is 1. The number of nitrogens with zero attached hydrogens (tertiary/aromatic N) is 1. The van der Waals surface area contributed by atoms with E-state index in [9.17, 15) is 4.79 Å². The van der Waals surface area contributed by atoms with Crippen LogP contribution in [-0.4, -0.2) is 17.6 Å². The Balaban J connectivity index is 1.97. The number of hydrogen-bond donors (Lipinski definition) is 2. The maximum atomic E-state index is 10.9. The molecule has 0 bridgehead atoms. The molecule has 0 aliphatic heterocycles. The Hall–Kier alpha value is -2.32. The summed E-state index contributed by atoms with van der Waals surface area (Å²) in [4.78, 5) is 10.9. The summed E-state index contributed by atoms with van der Waals surface area (Å²) in [6.45, 7) is 0.674. The van der Waals surface area contributed by atoms with Crippen molar-refractivity contribution in [2.45, 2.75) is 6.42 Å². The molecule has 0 aliphatic carbocycles. The van der Waals surface area contributed by atoms with E-state index in [0.29, 0.717) is 24.1 Å². The van der Waals surface area contributed by atoms with Gasteiger partial charge in [0.1, 0.15) is 0 Å². The first-order chi connectivity index (χ1) is 10.1. The summed E-state index contributed by atoms with van der Waals surface area (Å²) in [6.07, 6.45) is 0.716. The van der Waals surface area contributed by atoms with Gasteiger partial charge in [-0.05, 0) is 58.2 Å². The number of nitrogens with one attached hydrogen (secondary N) is 1. The van der Waals surface area contributed by atoms with Crippen molar-refractivity contribution in [3.63, 3.8) is 0 Å². The lowest BCUT2D eigenvalue weighted by Gasteiger charge is -2.09. The minimum Gasteiger partial charge on any atom is -0.478 e. The Morgan fingerprint density at radius 1 is 1.29 bits per heavy atom. The van der Waals surface area contributed by atoms with Crippen molar-refractivity contribution in [1.29, 1.82) is 5.26 Å². The number of rotatable bonds is 5. The third-order valence-electron chi connectivity index (χ3n) is 3.00. The van der Waals surface area contributed by atoms with Gasteiger partial charge in [-0.2, -0.15) is 5.26 Å². The summed E-state index contributed by atoms with van der Waals surface area (Å²) >= 11 is 3.41. The highest BCUT2D eigenvalue weighted by Crippen LogP contribution is 2.23. The van der Waals surface area contributed by atoms with Crippen molar-refractivity contribution in [3.05, 3.63) is 63.6 Å². The van der Waals surface area contributed by atoms with Crippen molar-refractivity contribution in [1.82, 2.24) is 0 Å². The van der Waals surface area contributed by atoms with E-state index in [0.717, 1.165) is 15.7 Å². The van der Waals surface area contributed by atoms with Gasteiger partial charge in [0.25, 0.3) is 0 Å². The molecule has 0 saturated carbocycles. The smallest absolute Gasteiger partial charge is 0.335 e. The molecule has 0 heterocycles. The molecule has 2 N–H and O–H groups in total. The first-order valence-corrected chi connectivity index (χ1v) is 7.15. The fourth-order valence-electron chi connectivity index (χ4n) is 1.93. The summed E-state index contributed by atoms with van der Waals surface area (Å²) in [7, 11) is 0. The molecule has 0 fully saturated rings. The Labute approximate surface area is 131 Å². The van der Waals surface area contributed by atoms with Gasteiger partial charge in [-0.25, -0.2) is 4.79 Å². The molecular weight excluding hydrogens is 332 g/mol. The van der Waals surface area contributed by atoms with Crippen molar-refractivity contribution in [2.24, 2.45) is 0 Å². The Kier molecular flexibility index (Phi) is 4.96. The second kappa shape index (κ2) is 6.91. The van der Waals surface area contributed by atoms with Crippen LogP contribution in [-0.2, 0) is 6.42 Å². The van der Waals surface area contributed by atoms with Gasteiger partial charge in [0.2, 0.25) is 0 Å². The molecule has 21 heavy (non-hydrogen) atoms. The Morgan fingerprint density at radius 2 is 2.10 bits per heavy atom. The lowest BCUT2D eigenvalue weighted by Crippen LogP contribution is -2.06. The number of carboxylic acids is 1. The van der Waals surface area contributed by atoms with Crippen molar-refractivity contribution < 1.29 is 9.90 Å². The van der Waals surface area contributed by atoms with Gasteiger partial charge in [-0.1, -0.05) is 12.1 Å². The molecule has 0 atom stereocenters. The minimum atomic E-state index is -0.917. The molecule has 0 aromatic heterocycles. The standard InChI is InChI=1S/C16H13BrN2O2/c17-14-9-12(10-18)4-5-15(14)19-7-6-11-2-1-3-13(8-11)16(20)21/h1-5,8-9,19H,6-7H2,(H,20,21). The molecule has 0 amide bonds. The average Bonchev–Trinajstić information content (AvgIpc) is 2.49. The van der Waals surface area contributed by atoms with E-state index in [1.807, 2.05) is 12.1 Å². The molecule has 4 nitrogen and oxygen atoms in total. The zero-order valence-corrected chi connectivity index (χ0v) is 12.7. The zero-order valence-electron chi connectivity index (χ0n) is 11.1. The number of hydrogen-bond acceptors (Lipinski definition) is 3. The molecule has 0 aliphatic rings. The summed E-state index contributed by atoms with van der Waals surface area (Å²) in [5.41, 5.74) is 2.77. The first-order valence-electron chi connectivity index (χ1n) is 6.36. The summed E-state index contributed by atoms with van der Waals surface area (Å²) in [5, 5.41) is 21.0. The first kappa shape index (κ1) is 15.1. The van der Waals surface area contributed by atoms with Gasteiger partial charge in [0.05, 0.1) is 17.2 Å². The van der Waals surface area contributed by atoms with Crippen LogP contribution in [0.2, 0.25) is 0 Å². The van der Waals surface area contributed by atoms with Crippen LogP contribution in [0.1, 0.15) is 21.5 Å². The van der Waals surface area contributed by atoms with Crippen LogP contribution in [0, 0.1) is 11.3 Å². The highest BCUT2D eigenvalue weighted by Gasteiger charge is 2.04. The average molecular weight is 345 g/mol. The summed E-state index contributed by atoms with van der Waals surface area (Å²) in [5.74, 6) is -0.917. The quantitative estimate of drug-likeness (QED) is 0.867. The molecule has 2 aromatic rings. The fraction of sp³-hybridized carbons (Fsp3) is 0.125. The van der Waals surface area contributed by atoms with Crippen LogP contribution in [0.5, 0.6) is 0 Å². The molecule has 0 unspecified atom stereocenters. The van der Waals surface area contributed by atoms with Gasteiger partial charge in [-0.3, -0.25) is 0 Å². The van der Waals surface area contributed by atoms with E-state index in [4.69, 9.17) is 10.4 Å². The number of halogens is 1. The van der Waals surface area contributed by atoms with Crippen molar-refractivity contribution >= 4 is 27.6 Å². The molecular formula is C16H13BrN2O2. The predicted octanol–water partition coefficient (Wildman–Crippen LogP) is 3.67. The molecule has 0 saturated heterocycles.